The van der Waals surface area contributed by atoms with Crippen LogP contribution in [0, 0.1) is 20.2 Å². The summed E-state index contributed by atoms with van der Waals surface area (Å²) < 4.78 is 1.20. The van der Waals surface area contributed by atoms with Gasteiger partial charge in [-0.25, -0.2) is 4.68 Å². The third-order valence-corrected chi connectivity index (χ3v) is 4.06. The first-order valence-electron chi connectivity index (χ1n) is 8.37. The molecule has 0 saturated heterocycles. The monoisotopic (exact) mass is 397 g/mol. The third kappa shape index (κ3) is 4.09. The van der Waals surface area contributed by atoms with Gasteiger partial charge >= 0.3 is 0 Å². The van der Waals surface area contributed by atoms with Gasteiger partial charge in [-0.3, -0.25) is 35.1 Å². The van der Waals surface area contributed by atoms with Gasteiger partial charge in [-0.1, -0.05) is 0 Å². The second-order valence-electron chi connectivity index (χ2n) is 5.88. The highest BCUT2D eigenvalue weighted by atomic mass is 16.6. The van der Waals surface area contributed by atoms with Crippen LogP contribution in [-0.4, -0.2) is 44.1 Å². The Morgan fingerprint density at radius 1 is 1.00 bits per heavy atom. The van der Waals surface area contributed by atoms with Crippen molar-refractivity contribution in [3.05, 3.63) is 84.7 Å². The molecular weight excluding hydrogens is 382 g/mol. The maximum atomic E-state index is 12.9. The summed E-state index contributed by atoms with van der Waals surface area (Å²) >= 11 is 0. The van der Waals surface area contributed by atoms with Crippen LogP contribution in [0.25, 0.3) is 16.9 Å². The molecule has 11 heteroatoms. The van der Waals surface area contributed by atoms with Crippen LogP contribution in [0.4, 0.5) is 11.4 Å². The first kappa shape index (κ1) is 19.6. The molecular formula is C18H15N5O6. The fraction of sp³-hybridized carbons (Fsp3) is 0.111. The van der Waals surface area contributed by atoms with E-state index in [0.29, 0.717) is 16.9 Å². The van der Waals surface area contributed by atoms with Crippen molar-refractivity contribution in [2.24, 2.45) is 4.99 Å². The Balaban J connectivity index is 2.11. The van der Waals surface area contributed by atoms with Gasteiger partial charge in [0.2, 0.25) is 0 Å². The average Bonchev–Trinajstić information content (AvgIpc) is 3.05. The first-order valence-corrected chi connectivity index (χ1v) is 8.37. The highest BCUT2D eigenvalue weighted by Crippen LogP contribution is 2.23. The Morgan fingerprint density at radius 2 is 1.55 bits per heavy atom. The number of nitro benzene ring substituents is 2. The van der Waals surface area contributed by atoms with Crippen LogP contribution < -0.4 is 5.56 Å². The molecule has 2 aromatic carbocycles. The van der Waals surface area contributed by atoms with Gasteiger partial charge < -0.3 is 5.11 Å². The highest BCUT2D eigenvalue weighted by molar-refractivity contribution is 5.88. The minimum atomic E-state index is -0.545. The lowest BCUT2D eigenvalue weighted by molar-refractivity contribution is -0.385. The summed E-state index contributed by atoms with van der Waals surface area (Å²) in [6.07, 6.45) is 1.31. The van der Waals surface area contributed by atoms with Crippen molar-refractivity contribution in [1.29, 1.82) is 0 Å². The number of hydrogen-bond acceptors (Lipinski definition) is 7. The quantitative estimate of drug-likeness (QED) is 0.353. The van der Waals surface area contributed by atoms with Crippen molar-refractivity contribution in [2.75, 3.05) is 13.2 Å². The van der Waals surface area contributed by atoms with Gasteiger partial charge in [0.1, 0.15) is 0 Å². The summed E-state index contributed by atoms with van der Waals surface area (Å²) in [5.74, 6) is 0. The van der Waals surface area contributed by atoms with Gasteiger partial charge in [0.05, 0.1) is 39.9 Å². The normalized spacial score (nSPS) is 11.1. The van der Waals surface area contributed by atoms with E-state index in [2.05, 4.69) is 10.1 Å². The molecule has 11 nitrogen and oxygen atoms in total. The number of hydrogen-bond donors (Lipinski definition) is 2. The summed E-state index contributed by atoms with van der Waals surface area (Å²) in [5.41, 5.74) is 0.754. The predicted octanol–water partition coefficient (Wildman–Crippen LogP) is 2.06. The Morgan fingerprint density at radius 3 is 2.07 bits per heavy atom. The molecule has 0 amide bonds. The number of aliphatic imine (C=N–C) groups is 1. The molecule has 1 heterocycles. The third-order valence-electron chi connectivity index (χ3n) is 4.06. The van der Waals surface area contributed by atoms with Gasteiger partial charge in [0, 0.05) is 36.0 Å². The topological polar surface area (TPSA) is 157 Å². The molecule has 0 aliphatic heterocycles. The number of rotatable bonds is 7. The number of nitro groups is 2. The fourth-order valence-electron chi connectivity index (χ4n) is 2.66. The largest absolute Gasteiger partial charge is 0.394 e. The number of nitrogens with one attached hydrogen (secondary N) is 1. The second-order valence-corrected chi connectivity index (χ2v) is 5.88. The number of aliphatic hydroxyl groups excluding tert-OH is 1. The molecule has 29 heavy (non-hydrogen) atoms. The second kappa shape index (κ2) is 8.27. The van der Waals surface area contributed by atoms with Crippen molar-refractivity contribution in [3.8, 4) is 16.9 Å². The van der Waals surface area contributed by atoms with Gasteiger partial charge in [-0.05, 0) is 24.3 Å². The number of aromatic amines is 1. The summed E-state index contributed by atoms with van der Waals surface area (Å²) in [6.45, 7) is -0.0911. The van der Waals surface area contributed by atoms with E-state index < -0.39 is 15.4 Å². The molecule has 0 saturated carbocycles. The lowest BCUT2D eigenvalue weighted by Crippen LogP contribution is -2.17. The number of nitrogens with zero attached hydrogens (tertiary/aromatic N) is 4. The van der Waals surface area contributed by atoms with E-state index in [-0.39, 0.29) is 30.1 Å². The molecule has 0 aliphatic carbocycles. The molecule has 0 atom stereocenters. The van der Waals surface area contributed by atoms with Crippen LogP contribution in [0.2, 0.25) is 0 Å². The number of H-pyrrole nitrogens is 1. The zero-order chi connectivity index (χ0) is 21.0. The van der Waals surface area contributed by atoms with Crippen molar-refractivity contribution in [2.45, 2.75) is 0 Å². The van der Waals surface area contributed by atoms with E-state index in [0.717, 1.165) is 0 Å². The van der Waals surface area contributed by atoms with E-state index in [4.69, 9.17) is 5.11 Å². The van der Waals surface area contributed by atoms with Crippen molar-refractivity contribution in [3.63, 3.8) is 0 Å². The Bertz CT molecular complexity index is 1130. The molecule has 0 spiro atoms. The standard InChI is InChI=1S/C18H15N5O6/c24-10-9-19-11-16-17(12-1-3-14(4-2-12)22(26)27)20-21(18(16)25)13-5-7-15(8-6-13)23(28)29/h1-8,11,20,24H,9-10H2. The molecule has 0 aliphatic rings. The Kier molecular flexibility index (Phi) is 5.60. The summed E-state index contributed by atoms with van der Waals surface area (Å²) in [7, 11) is 0. The summed E-state index contributed by atoms with van der Waals surface area (Å²) in [5, 5.41) is 33.5. The molecule has 1 aromatic heterocycles. The lowest BCUT2D eigenvalue weighted by atomic mass is 10.1. The number of aliphatic hydroxyl groups is 1. The number of benzene rings is 2. The van der Waals surface area contributed by atoms with Gasteiger partial charge in [0.15, 0.2) is 0 Å². The van der Waals surface area contributed by atoms with Crippen LogP contribution in [0.3, 0.4) is 0 Å². The molecule has 0 unspecified atom stereocenters. The van der Waals surface area contributed by atoms with Crippen LogP contribution in [0.5, 0.6) is 0 Å². The van der Waals surface area contributed by atoms with Gasteiger partial charge in [-0.2, -0.15) is 0 Å². The molecule has 2 N–H and O–H groups in total. The van der Waals surface area contributed by atoms with E-state index in [1.54, 1.807) is 0 Å². The fourth-order valence-corrected chi connectivity index (χ4v) is 2.66. The molecule has 0 fully saturated rings. The van der Waals surface area contributed by atoms with E-state index in [1.807, 2.05) is 0 Å². The molecule has 148 valence electrons. The zero-order valence-corrected chi connectivity index (χ0v) is 14.9. The average molecular weight is 397 g/mol. The molecule has 3 aromatic rings. The minimum absolute atomic E-state index is 0.0959. The van der Waals surface area contributed by atoms with Crippen LogP contribution in [0.1, 0.15) is 5.56 Å². The first-order chi connectivity index (χ1) is 13.9. The Hall–Kier alpha value is -4.12. The summed E-state index contributed by atoms with van der Waals surface area (Å²) in [4.78, 5) is 37.5. The molecule has 0 bridgehead atoms. The van der Waals surface area contributed by atoms with Crippen molar-refractivity contribution < 1.29 is 15.0 Å². The maximum Gasteiger partial charge on any atom is 0.280 e. The van der Waals surface area contributed by atoms with Crippen molar-refractivity contribution in [1.82, 2.24) is 9.78 Å². The van der Waals surface area contributed by atoms with E-state index in [1.165, 1.54) is 59.4 Å². The zero-order valence-electron chi connectivity index (χ0n) is 14.9. The number of aromatic nitrogens is 2. The van der Waals surface area contributed by atoms with E-state index >= 15 is 0 Å². The smallest absolute Gasteiger partial charge is 0.280 e. The van der Waals surface area contributed by atoms with Crippen LogP contribution in [-0.2, 0) is 0 Å². The highest BCUT2D eigenvalue weighted by Gasteiger charge is 2.17. The summed E-state index contributed by atoms with van der Waals surface area (Å²) in [6, 6.07) is 11.0. The minimum Gasteiger partial charge on any atom is -0.394 e. The van der Waals surface area contributed by atoms with Crippen molar-refractivity contribution >= 4 is 17.6 Å². The lowest BCUT2D eigenvalue weighted by Gasteiger charge is -2.02. The maximum absolute atomic E-state index is 12.9. The van der Waals surface area contributed by atoms with E-state index in [9.17, 15) is 25.0 Å². The van der Waals surface area contributed by atoms with Crippen LogP contribution in [0.15, 0.2) is 58.3 Å². The number of non-ortho nitro benzene ring substituents is 2. The Labute approximate surface area is 162 Å². The SMILES string of the molecule is O=c1c(C=NCCO)c(-c2ccc([N+](=O)[O-])cc2)[nH]n1-c1ccc([N+](=O)[O-])cc1. The molecule has 0 radical (unpaired) electrons. The van der Waals surface area contributed by atoms with Crippen LogP contribution >= 0.6 is 0 Å². The molecule has 3 rings (SSSR count). The van der Waals surface area contributed by atoms with Gasteiger partial charge in [-0.15, -0.1) is 0 Å². The predicted molar refractivity (Wildman–Crippen MR) is 105 cm³/mol. The van der Waals surface area contributed by atoms with Gasteiger partial charge in [0.25, 0.3) is 16.9 Å².